The summed E-state index contributed by atoms with van der Waals surface area (Å²) in [6.45, 7) is 2.47. The first-order chi connectivity index (χ1) is 7.52. The monoisotopic (exact) mass is 243 g/mol. The zero-order valence-electron chi connectivity index (χ0n) is 8.94. The van der Waals surface area contributed by atoms with Crippen LogP contribution >= 0.6 is 11.6 Å². The normalized spacial score (nSPS) is 12.2. The van der Waals surface area contributed by atoms with E-state index < -0.39 is 4.92 Å². The summed E-state index contributed by atoms with van der Waals surface area (Å²) >= 11 is 5.76. The summed E-state index contributed by atoms with van der Waals surface area (Å²) in [5, 5.41) is 13.9. The summed E-state index contributed by atoms with van der Waals surface area (Å²) in [5.74, 6) is 0. The lowest BCUT2D eigenvalue weighted by Gasteiger charge is -2.09. The first-order valence-corrected chi connectivity index (χ1v) is 5.32. The van der Waals surface area contributed by atoms with Gasteiger partial charge in [-0.25, -0.2) is 0 Å². The number of nitro groups is 1. The fourth-order valence-corrected chi connectivity index (χ4v) is 1.52. The van der Waals surface area contributed by atoms with Crippen molar-refractivity contribution < 1.29 is 4.92 Å². The molecule has 1 rings (SSSR count). The van der Waals surface area contributed by atoms with Crippen LogP contribution in [0.25, 0.3) is 0 Å². The number of nitro benzene ring substituents is 1. The van der Waals surface area contributed by atoms with Gasteiger partial charge >= 0.3 is 5.69 Å². The van der Waals surface area contributed by atoms with Gasteiger partial charge in [-0.2, -0.15) is 0 Å². The van der Waals surface area contributed by atoms with Crippen molar-refractivity contribution in [1.82, 2.24) is 0 Å². The van der Waals surface area contributed by atoms with E-state index >= 15 is 0 Å². The highest BCUT2D eigenvalue weighted by Gasteiger charge is 2.17. The average molecular weight is 244 g/mol. The van der Waals surface area contributed by atoms with Crippen LogP contribution in [0.2, 0.25) is 5.02 Å². The van der Waals surface area contributed by atoms with Gasteiger partial charge in [0.15, 0.2) is 0 Å². The van der Waals surface area contributed by atoms with Gasteiger partial charge in [-0.3, -0.25) is 10.1 Å². The van der Waals surface area contributed by atoms with Crippen molar-refractivity contribution in [2.75, 3.05) is 11.9 Å². The molecule has 0 aliphatic carbocycles. The highest BCUT2D eigenvalue weighted by molar-refractivity contribution is 6.33. The highest BCUT2D eigenvalue weighted by Crippen LogP contribution is 2.32. The van der Waals surface area contributed by atoms with E-state index in [-0.39, 0.29) is 16.8 Å². The lowest BCUT2D eigenvalue weighted by Crippen LogP contribution is -2.19. The highest BCUT2D eigenvalue weighted by atomic mass is 35.5. The molecule has 1 atom stereocenters. The fraction of sp³-hybridized carbons (Fsp3) is 0.400. The number of hydrogen-bond acceptors (Lipinski definition) is 4. The molecule has 0 aliphatic heterocycles. The van der Waals surface area contributed by atoms with Crippen molar-refractivity contribution in [3.8, 4) is 0 Å². The summed E-state index contributed by atoms with van der Waals surface area (Å²) in [6.07, 6.45) is 0.740. The standard InChI is InChI=1S/C10H14ClN3O2/c1-7(12)5-6-13-9-4-2-3-8(11)10(9)14(15)16/h2-4,7,13H,5-6,12H2,1H3. The minimum atomic E-state index is -0.490. The van der Waals surface area contributed by atoms with E-state index in [0.717, 1.165) is 6.42 Å². The largest absolute Gasteiger partial charge is 0.379 e. The zero-order chi connectivity index (χ0) is 12.1. The Hall–Kier alpha value is -1.33. The Kier molecular flexibility index (Phi) is 4.52. The number of rotatable bonds is 5. The third-order valence-electron chi connectivity index (χ3n) is 2.08. The number of nitrogens with two attached hydrogens (primary N) is 1. The van der Waals surface area contributed by atoms with Gasteiger partial charge in [0.2, 0.25) is 0 Å². The molecule has 88 valence electrons. The predicted octanol–water partition coefficient (Wildman–Crippen LogP) is 2.40. The van der Waals surface area contributed by atoms with Crippen molar-refractivity contribution >= 4 is 23.0 Å². The number of para-hydroxylation sites is 1. The summed E-state index contributed by atoms with van der Waals surface area (Å²) in [6, 6.07) is 4.86. The Labute approximate surface area is 98.7 Å². The average Bonchev–Trinajstić information content (AvgIpc) is 2.16. The Morgan fingerprint density at radius 2 is 2.31 bits per heavy atom. The van der Waals surface area contributed by atoms with Crippen molar-refractivity contribution in [2.24, 2.45) is 5.73 Å². The fourth-order valence-electron chi connectivity index (χ4n) is 1.28. The van der Waals surface area contributed by atoms with Crippen LogP contribution < -0.4 is 11.1 Å². The van der Waals surface area contributed by atoms with Crippen molar-refractivity contribution in [3.05, 3.63) is 33.3 Å². The molecule has 1 unspecified atom stereocenters. The third-order valence-corrected chi connectivity index (χ3v) is 2.39. The second-order valence-corrected chi connectivity index (χ2v) is 3.99. The van der Waals surface area contributed by atoms with Crippen LogP contribution in [-0.4, -0.2) is 17.5 Å². The molecule has 0 aliphatic rings. The Morgan fingerprint density at radius 1 is 1.62 bits per heavy atom. The van der Waals surface area contributed by atoms with Gasteiger partial charge < -0.3 is 11.1 Å². The Morgan fingerprint density at radius 3 is 2.88 bits per heavy atom. The summed E-state index contributed by atoms with van der Waals surface area (Å²) in [4.78, 5) is 10.3. The van der Waals surface area contributed by atoms with E-state index in [1.807, 2.05) is 6.92 Å². The van der Waals surface area contributed by atoms with E-state index in [2.05, 4.69) is 5.32 Å². The maximum atomic E-state index is 10.8. The van der Waals surface area contributed by atoms with E-state index in [0.29, 0.717) is 12.2 Å². The van der Waals surface area contributed by atoms with Gasteiger partial charge in [-0.15, -0.1) is 0 Å². The SMILES string of the molecule is CC(N)CCNc1cccc(Cl)c1[N+](=O)[O-]. The molecule has 0 bridgehead atoms. The lowest BCUT2D eigenvalue weighted by molar-refractivity contribution is -0.383. The third kappa shape index (κ3) is 3.36. The van der Waals surface area contributed by atoms with Gasteiger partial charge in [0.25, 0.3) is 0 Å². The van der Waals surface area contributed by atoms with Gasteiger partial charge in [0, 0.05) is 12.6 Å². The maximum Gasteiger partial charge on any atom is 0.310 e. The summed E-state index contributed by atoms with van der Waals surface area (Å²) in [5.41, 5.74) is 5.92. The number of halogens is 1. The second kappa shape index (κ2) is 5.67. The number of nitrogens with one attached hydrogen (secondary N) is 1. The van der Waals surface area contributed by atoms with Gasteiger partial charge in [-0.1, -0.05) is 17.7 Å². The number of benzene rings is 1. The second-order valence-electron chi connectivity index (χ2n) is 3.59. The molecular weight excluding hydrogens is 230 g/mol. The van der Waals surface area contributed by atoms with Crippen LogP contribution in [-0.2, 0) is 0 Å². The van der Waals surface area contributed by atoms with E-state index in [9.17, 15) is 10.1 Å². The minimum absolute atomic E-state index is 0.0609. The molecule has 0 aromatic heterocycles. The van der Waals surface area contributed by atoms with Crippen LogP contribution in [0.5, 0.6) is 0 Å². The van der Waals surface area contributed by atoms with Crippen molar-refractivity contribution in [1.29, 1.82) is 0 Å². The topological polar surface area (TPSA) is 81.2 Å². The lowest BCUT2D eigenvalue weighted by atomic mass is 10.2. The van der Waals surface area contributed by atoms with Crippen LogP contribution in [0, 0.1) is 10.1 Å². The molecule has 0 fully saturated rings. The summed E-state index contributed by atoms with van der Waals surface area (Å²) < 4.78 is 0. The Bertz CT molecular complexity index is 382. The molecule has 16 heavy (non-hydrogen) atoms. The molecule has 1 aromatic carbocycles. The maximum absolute atomic E-state index is 10.8. The molecule has 0 amide bonds. The Balaban J connectivity index is 2.79. The van der Waals surface area contributed by atoms with Gasteiger partial charge in [-0.05, 0) is 25.5 Å². The van der Waals surface area contributed by atoms with Gasteiger partial charge in [0.05, 0.1) is 4.92 Å². The number of anilines is 1. The minimum Gasteiger partial charge on any atom is -0.379 e. The van der Waals surface area contributed by atoms with E-state index in [1.54, 1.807) is 12.1 Å². The zero-order valence-corrected chi connectivity index (χ0v) is 9.70. The van der Waals surface area contributed by atoms with Crippen molar-refractivity contribution in [3.63, 3.8) is 0 Å². The quantitative estimate of drug-likeness (QED) is 0.615. The van der Waals surface area contributed by atoms with Crippen LogP contribution in [0.4, 0.5) is 11.4 Å². The number of hydrogen-bond donors (Lipinski definition) is 2. The molecular formula is C10H14ClN3O2. The van der Waals surface area contributed by atoms with E-state index in [4.69, 9.17) is 17.3 Å². The van der Waals surface area contributed by atoms with Crippen molar-refractivity contribution in [2.45, 2.75) is 19.4 Å². The van der Waals surface area contributed by atoms with Crippen LogP contribution in [0.3, 0.4) is 0 Å². The molecule has 0 radical (unpaired) electrons. The number of nitrogens with zero attached hydrogens (tertiary/aromatic N) is 1. The van der Waals surface area contributed by atoms with Crippen LogP contribution in [0.1, 0.15) is 13.3 Å². The summed E-state index contributed by atoms with van der Waals surface area (Å²) in [7, 11) is 0. The molecule has 6 heteroatoms. The molecule has 0 heterocycles. The molecule has 0 saturated carbocycles. The van der Waals surface area contributed by atoms with Crippen LogP contribution in [0.15, 0.2) is 18.2 Å². The molecule has 0 spiro atoms. The van der Waals surface area contributed by atoms with Gasteiger partial charge in [0.1, 0.15) is 10.7 Å². The molecule has 0 saturated heterocycles. The molecule has 1 aromatic rings. The predicted molar refractivity (Wildman–Crippen MR) is 64.9 cm³/mol. The first-order valence-electron chi connectivity index (χ1n) is 4.94. The first kappa shape index (κ1) is 12.7. The molecule has 5 nitrogen and oxygen atoms in total. The van der Waals surface area contributed by atoms with E-state index in [1.165, 1.54) is 6.07 Å². The molecule has 3 N–H and O–H groups in total. The smallest absolute Gasteiger partial charge is 0.310 e.